The van der Waals surface area contributed by atoms with Crippen LogP contribution in [0.5, 0.6) is 5.75 Å². The van der Waals surface area contributed by atoms with Crippen molar-refractivity contribution in [3.05, 3.63) is 105 Å². The van der Waals surface area contributed by atoms with Gasteiger partial charge in [0.2, 0.25) is 0 Å². The van der Waals surface area contributed by atoms with Gasteiger partial charge in [0, 0.05) is 31.7 Å². The van der Waals surface area contributed by atoms with Crippen molar-refractivity contribution in [2.24, 2.45) is 0 Å². The molecule has 5 rings (SSSR count). The van der Waals surface area contributed by atoms with Gasteiger partial charge < -0.3 is 19.5 Å². The van der Waals surface area contributed by atoms with Crippen LogP contribution in [0.25, 0.3) is 5.76 Å². The summed E-state index contributed by atoms with van der Waals surface area (Å²) >= 11 is 12.5. The lowest BCUT2D eigenvalue weighted by molar-refractivity contribution is -0.140. The highest BCUT2D eigenvalue weighted by Gasteiger charge is 2.46. The molecule has 1 N–H and O–H groups in total. The highest BCUT2D eigenvalue weighted by atomic mass is 35.5. The molecule has 0 radical (unpaired) electrons. The number of nitrogens with zero attached hydrogens (tertiary/aromatic N) is 2. The molecule has 2 fully saturated rings. The maximum absolute atomic E-state index is 13.4. The Kier molecular flexibility index (Phi) is 9.30. The molecule has 2 saturated heterocycles. The van der Waals surface area contributed by atoms with Crippen molar-refractivity contribution >= 4 is 40.7 Å². The molecule has 214 valence electrons. The lowest BCUT2D eigenvalue weighted by Crippen LogP contribution is -2.38. The maximum Gasteiger partial charge on any atom is 0.295 e. The maximum atomic E-state index is 13.4. The zero-order chi connectivity index (χ0) is 28.9. The van der Waals surface area contributed by atoms with E-state index < -0.39 is 17.7 Å². The van der Waals surface area contributed by atoms with Crippen molar-refractivity contribution in [1.29, 1.82) is 0 Å². The van der Waals surface area contributed by atoms with Crippen LogP contribution in [0.15, 0.2) is 72.3 Å². The molecule has 3 aromatic rings. The minimum atomic E-state index is -0.802. The third kappa shape index (κ3) is 6.60. The van der Waals surface area contributed by atoms with E-state index in [0.717, 1.165) is 30.8 Å². The van der Waals surface area contributed by atoms with Gasteiger partial charge in [-0.2, -0.15) is 0 Å². The molecule has 2 aliphatic heterocycles. The lowest BCUT2D eigenvalue weighted by atomic mass is 9.94. The van der Waals surface area contributed by atoms with Crippen molar-refractivity contribution < 1.29 is 24.2 Å². The largest absolute Gasteiger partial charge is 0.507 e. The number of carbonyl (C=O) groups excluding carboxylic acids is 2. The molecular formula is C32H32Cl2N2O5. The van der Waals surface area contributed by atoms with Gasteiger partial charge in [0.25, 0.3) is 11.7 Å². The summed E-state index contributed by atoms with van der Waals surface area (Å²) in [7, 11) is 0. The third-order valence-corrected chi connectivity index (χ3v) is 8.20. The van der Waals surface area contributed by atoms with Crippen molar-refractivity contribution in [2.45, 2.75) is 26.0 Å². The molecule has 0 spiro atoms. The standard InChI is InChI=1S/C32H32Cl2N2O5/c1-21-18-24(9-11-27(21)41-20-22-6-3-2-4-7-22)30(37)28-29(23-8-10-25(33)26(34)19-23)36(32(39)31(28)38)13-5-12-35-14-16-40-17-15-35/h2-4,6-11,18-19,29,37H,5,12-17,20H2,1H3/b30-28+/t29-/m0/s1. The number of carbonyl (C=O) groups is 2. The predicted molar refractivity (Wildman–Crippen MR) is 159 cm³/mol. The van der Waals surface area contributed by atoms with Gasteiger partial charge in [-0.1, -0.05) is 59.6 Å². The van der Waals surface area contributed by atoms with E-state index in [1.165, 1.54) is 4.90 Å². The smallest absolute Gasteiger partial charge is 0.295 e. The van der Waals surface area contributed by atoms with Gasteiger partial charge in [-0.3, -0.25) is 14.5 Å². The first kappa shape index (κ1) is 29.1. The minimum absolute atomic E-state index is 0.0251. The summed E-state index contributed by atoms with van der Waals surface area (Å²) in [6.07, 6.45) is 0.664. The van der Waals surface area contributed by atoms with Crippen LogP contribution in [-0.2, 0) is 20.9 Å². The number of halogens is 2. The summed E-state index contributed by atoms with van der Waals surface area (Å²) in [6.45, 7) is 6.42. The van der Waals surface area contributed by atoms with E-state index in [9.17, 15) is 14.7 Å². The minimum Gasteiger partial charge on any atom is -0.507 e. The van der Waals surface area contributed by atoms with E-state index >= 15 is 0 Å². The van der Waals surface area contributed by atoms with Gasteiger partial charge in [-0.15, -0.1) is 0 Å². The predicted octanol–water partition coefficient (Wildman–Crippen LogP) is 6.02. The van der Waals surface area contributed by atoms with Crippen LogP contribution in [0.1, 0.15) is 34.7 Å². The lowest BCUT2D eigenvalue weighted by Gasteiger charge is -2.29. The van der Waals surface area contributed by atoms with Gasteiger partial charge in [0.05, 0.1) is 34.9 Å². The number of aliphatic hydroxyl groups excluding tert-OH is 1. The first-order valence-electron chi connectivity index (χ1n) is 13.6. The van der Waals surface area contributed by atoms with Crippen molar-refractivity contribution in [3.8, 4) is 5.75 Å². The van der Waals surface area contributed by atoms with Crippen LogP contribution in [0.4, 0.5) is 0 Å². The molecule has 7 nitrogen and oxygen atoms in total. The van der Waals surface area contributed by atoms with Crippen molar-refractivity contribution in [2.75, 3.05) is 39.4 Å². The summed E-state index contributed by atoms with van der Waals surface area (Å²) in [5.41, 5.74) is 2.87. The van der Waals surface area contributed by atoms with E-state index in [1.54, 1.807) is 36.4 Å². The Balaban J connectivity index is 1.44. The van der Waals surface area contributed by atoms with Crippen molar-refractivity contribution in [1.82, 2.24) is 9.80 Å². The molecule has 0 bridgehead atoms. The van der Waals surface area contributed by atoms with Gasteiger partial charge in [0.15, 0.2) is 0 Å². The zero-order valence-electron chi connectivity index (χ0n) is 22.8. The first-order valence-corrected chi connectivity index (χ1v) is 14.4. The highest BCUT2D eigenvalue weighted by Crippen LogP contribution is 2.41. The van der Waals surface area contributed by atoms with E-state index in [2.05, 4.69) is 4.90 Å². The molecule has 41 heavy (non-hydrogen) atoms. The van der Waals surface area contributed by atoms with Gasteiger partial charge in [0.1, 0.15) is 18.1 Å². The molecule has 0 saturated carbocycles. The second-order valence-corrected chi connectivity index (χ2v) is 11.0. The number of hydrogen-bond donors (Lipinski definition) is 1. The average Bonchev–Trinajstić information content (AvgIpc) is 3.23. The molecule has 2 aliphatic rings. The van der Waals surface area contributed by atoms with Gasteiger partial charge >= 0.3 is 0 Å². The number of Topliss-reactive ketones (excluding diaryl/α,β-unsaturated/α-hetero) is 1. The molecule has 0 unspecified atom stereocenters. The van der Waals surface area contributed by atoms with Crippen LogP contribution >= 0.6 is 23.2 Å². The fourth-order valence-corrected chi connectivity index (χ4v) is 5.59. The molecule has 0 aliphatic carbocycles. The number of amides is 1. The van der Waals surface area contributed by atoms with Crippen molar-refractivity contribution in [3.63, 3.8) is 0 Å². The monoisotopic (exact) mass is 594 g/mol. The third-order valence-electron chi connectivity index (χ3n) is 7.46. The first-order chi connectivity index (χ1) is 19.8. The van der Waals surface area contributed by atoms with Crippen LogP contribution in [0.2, 0.25) is 10.0 Å². The second kappa shape index (κ2) is 13.1. The summed E-state index contributed by atoms with van der Waals surface area (Å²) in [5, 5.41) is 12.2. The summed E-state index contributed by atoms with van der Waals surface area (Å²) < 4.78 is 11.4. The number of ether oxygens (including phenoxy) is 2. The van der Waals surface area contributed by atoms with Crippen LogP contribution in [-0.4, -0.2) is 66.0 Å². The molecule has 1 atom stereocenters. The van der Waals surface area contributed by atoms with E-state index in [0.29, 0.717) is 59.7 Å². The quantitative estimate of drug-likeness (QED) is 0.185. The number of likely N-dealkylation sites (tertiary alicyclic amines) is 1. The Morgan fingerprint density at radius 3 is 2.44 bits per heavy atom. The van der Waals surface area contributed by atoms with E-state index in [4.69, 9.17) is 32.7 Å². The molecule has 2 heterocycles. The molecule has 3 aromatic carbocycles. The topological polar surface area (TPSA) is 79.3 Å². The summed E-state index contributed by atoms with van der Waals surface area (Å²) in [5.74, 6) is -0.959. The zero-order valence-corrected chi connectivity index (χ0v) is 24.3. The number of aliphatic hydroxyl groups is 1. The number of hydrogen-bond acceptors (Lipinski definition) is 6. The van der Waals surface area contributed by atoms with Gasteiger partial charge in [-0.25, -0.2) is 0 Å². The normalized spacial score (nSPS) is 19.1. The molecule has 1 amide bonds. The fourth-order valence-electron chi connectivity index (χ4n) is 5.28. The SMILES string of the molecule is Cc1cc(/C(O)=C2\C(=O)C(=O)N(CCCN3CCOCC3)[C@H]2c2ccc(Cl)c(Cl)c2)ccc1OCc1ccccc1. The number of morpholine rings is 1. The molecular weight excluding hydrogens is 563 g/mol. The van der Waals surface area contributed by atoms with Crippen LogP contribution in [0.3, 0.4) is 0 Å². The Morgan fingerprint density at radius 2 is 1.73 bits per heavy atom. The van der Waals surface area contributed by atoms with Gasteiger partial charge in [-0.05, 0) is 60.4 Å². The Hall–Kier alpha value is -3.36. The summed E-state index contributed by atoms with van der Waals surface area (Å²) in [6, 6.07) is 19.3. The number of benzene rings is 3. The van der Waals surface area contributed by atoms with E-state index in [1.807, 2.05) is 37.3 Å². The highest BCUT2D eigenvalue weighted by molar-refractivity contribution is 6.46. The average molecular weight is 596 g/mol. The number of ketones is 1. The Labute approximate surface area is 249 Å². The summed E-state index contributed by atoms with van der Waals surface area (Å²) in [4.78, 5) is 30.6. The van der Waals surface area contributed by atoms with E-state index in [-0.39, 0.29) is 11.3 Å². The number of aryl methyl sites for hydroxylation is 1. The fraction of sp³-hybridized carbons (Fsp3) is 0.312. The Bertz CT molecular complexity index is 1450. The van der Waals surface area contributed by atoms with Crippen LogP contribution < -0.4 is 4.74 Å². The van der Waals surface area contributed by atoms with Crippen LogP contribution in [0, 0.1) is 6.92 Å². The number of rotatable bonds is 9. The molecule has 9 heteroatoms. The molecule has 0 aromatic heterocycles. The second-order valence-electron chi connectivity index (χ2n) is 10.2. The Morgan fingerprint density at radius 1 is 0.976 bits per heavy atom.